The van der Waals surface area contributed by atoms with Crippen molar-refractivity contribution in [2.45, 2.75) is 47.1 Å². The number of aromatic nitrogens is 4. The SMILES string of the molecule is CC(C)(C)OC(=O)c1c(-c2cnc3[nH]cc(C(=O)C(C)(C)C)c3n2)[nH]c2ccccc12. The summed E-state index contributed by atoms with van der Waals surface area (Å²) in [5, 5.41) is 0.744. The minimum Gasteiger partial charge on any atom is -0.456 e. The minimum atomic E-state index is -0.644. The first kappa shape index (κ1) is 20.8. The van der Waals surface area contributed by atoms with E-state index in [1.54, 1.807) is 12.4 Å². The average Bonchev–Trinajstić information content (AvgIpc) is 3.26. The van der Waals surface area contributed by atoms with Gasteiger partial charge in [-0.25, -0.2) is 14.8 Å². The van der Waals surface area contributed by atoms with Crippen molar-refractivity contribution >= 4 is 33.8 Å². The molecule has 2 N–H and O–H groups in total. The third kappa shape index (κ3) is 3.83. The van der Waals surface area contributed by atoms with Gasteiger partial charge in [-0.15, -0.1) is 0 Å². The Morgan fingerprint density at radius 3 is 2.42 bits per heavy atom. The maximum absolute atomic E-state index is 13.1. The molecule has 0 aliphatic rings. The van der Waals surface area contributed by atoms with Crippen LogP contribution >= 0.6 is 0 Å². The number of rotatable bonds is 3. The predicted molar refractivity (Wildman–Crippen MR) is 120 cm³/mol. The lowest BCUT2D eigenvalue weighted by Gasteiger charge is -2.19. The summed E-state index contributed by atoms with van der Waals surface area (Å²) in [6, 6.07) is 7.52. The van der Waals surface area contributed by atoms with E-state index in [1.807, 2.05) is 65.8 Å². The van der Waals surface area contributed by atoms with Crippen molar-refractivity contribution in [3.8, 4) is 11.4 Å². The predicted octanol–water partition coefficient (Wildman–Crippen LogP) is 5.29. The second kappa shape index (κ2) is 7.04. The second-order valence-corrected chi connectivity index (χ2v) is 9.66. The van der Waals surface area contributed by atoms with Gasteiger partial charge in [0.2, 0.25) is 0 Å². The smallest absolute Gasteiger partial charge is 0.341 e. The van der Waals surface area contributed by atoms with E-state index in [0.29, 0.717) is 33.7 Å². The van der Waals surface area contributed by atoms with Crippen LogP contribution in [0.1, 0.15) is 62.3 Å². The van der Waals surface area contributed by atoms with Gasteiger partial charge in [0, 0.05) is 22.5 Å². The van der Waals surface area contributed by atoms with Gasteiger partial charge in [0.15, 0.2) is 11.4 Å². The molecular formula is C24H26N4O3. The molecule has 0 unspecified atom stereocenters. The molecule has 0 fully saturated rings. The highest BCUT2D eigenvalue weighted by Gasteiger charge is 2.28. The van der Waals surface area contributed by atoms with E-state index in [4.69, 9.17) is 9.72 Å². The monoisotopic (exact) mass is 418 g/mol. The molecule has 0 bridgehead atoms. The molecule has 3 heterocycles. The maximum atomic E-state index is 13.1. The Hall–Kier alpha value is -3.48. The summed E-state index contributed by atoms with van der Waals surface area (Å²) in [7, 11) is 0. The van der Waals surface area contributed by atoms with Crippen molar-refractivity contribution in [3.05, 3.63) is 47.8 Å². The molecule has 7 nitrogen and oxygen atoms in total. The van der Waals surface area contributed by atoms with Gasteiger partial charge < -0.3 is 14.7 Å². The first-order valence-electron chi connectivity index (χ1n) is 10.2. The van der Waals surface area contributed by atoms with Gasteiger partial charge >= 0.3 is 5.97 Å². The number of fused-ring (bicyclic) bond motifs is 2. The number of aromatic amines is 2. The molecule has 0 saturated carbocycles. The summed E-state index contributed by atoms with van der Waals surface area (Å²) in [6.45, 7) is 11.1. The Labute approximate surface area is 180 Å². The molecular weight excluding hydrogens is 392 g/mol. The van der Waals surface area contributed by atoms with Crippen LogP contribution < -0.4 is 0 Å². The molecule has 4 aromatic rings. The topological polar surface area (TPSA) is 101 Å². The fourth-order valence-corrected chi connectivity index (χ4v) is 3.46. The highest BCUT2D eigenvalue weighted by atomic mass is 16.6. The number of ether oxygens (including phenoxy) is 1. The van der Waals surface area contributed by atoms with Crippen LogP contribution in [-0.2, 0) is 4.74 Å². The molecule has 4 rings (SSSR count). The molecule has 31 heavy (non-hydrogen) atoms. The standard InChI is InChI=1S/C24H26N4O3/c1-23(2,3)20(29)14-11-25-21-18(14)28-16(12-26-21)19-17(22(30)31-24(4,5)6)13-9-7-8-10-15(13)27-19/h7-12,27H,1-6H3,(H,25,26). The number of nitrogens with zero attached hydrogens (tertiary/aromatic N) is 2. The number of hydrogen-bond donors (Lipinski definition) is 2. The number of para-hydroxylation sites is 1. The zero-order chi connectivity index (χ0) is 22.6. The van der Waals surface area contributed by atoms with Crippen LogP contribution in [0.2, 0.25) is 0 Å². The largest absolute Gasteiger partial charge is 0.456 e. The second-order valence-electron chi connectivity index (χ2n) is 9.66. The summed E-state index contributed by atoms with van der Waals surface area (Å²) >= 11 is 0. The lowest BCUT2D eigenvalue weighted by Crippen LogP contribution is -2.24. The summed E-state index contributed by atoms with van der Waals surface area (Å²) in [5.41, 5.74) is 2.44. The van der Waals surface area contributed by atoms with Crippen molar-refractivity contribution in [1.82, 2.24) is 19.9 Å². The molecule has 0 aliphatic heterocycles. The Morgan fingerprint density at radius 1 is 1.03 bits per heavy atom. The van der Waals surface area contributed by atoms with Crippen molar-refractivity contribution in [2.75, 3.05) is 0 Å². The number of Topliss-reactive ketones (excluding diaryl/α,β-unsaturated/α-hetero) is 1. The van der Waals surface area contributed by atoms with Gasteiger partial charge in [-0.3, -0.25) is 4.79 Å². The fraction of sp³-hybridized carbons (Fsp3) is 0.333. The van der Waals surface area contributed by atoms with Crippen molar-refractivity contribution in [2.24, 2.45) is 5.41 Å². The molecule has 7 heteroatoms. The Morgan fingerprint density at radius 2 is 1.74 bits per heavy atom. The van der Waals surface area contributed by atoms with Crippen LogP contribution in [0, 0.1) is 5.41 Å². The third-order valence-corrected chi connectivity index (χ3v) is 4.87. The zero-order valence-corrected chi connectivity index (χ0v) is 18.6. The number of carbonyl (C=O) groups is 2. The van der Waals surface area contributed by atoms with Crippen molar-refractivity contribution in [3.63, 3.8) is 0 Å². The molecule has 0 atom stereocenters. The van der Waals surface area contributed by atoms with E-state index < -0.39 is 17.0 Å². The quantitative estimate of drug-likeness (QED) is 0.348. The van der Waals surface area contributed by atoms with E-state index in [-0.39, 0.29) is 5.78 Å². The number of esters is 1. The molecule has 3 aromatic heterocycles. The zero-order valence-electron chi connectivity index (χ0n) is 18.6. The molecule has 0 amide bonds. The van der Waals surface area contributed by atoms with Gasteiger partial charge in [0.25, 0.3) is 0 Å². The van der Waals surface area contributed by atoms with Gasteiger partial charge in [-0.2, -0.15) is 0 Å². The summed E-state index contributed by atoms with van der Waals surface area (Å²) in [4.78, 5) is 41.5. The molecule has 1 aromatic carbocycles. The van der Waals surface area contributed by atoms with Crippen LogP contribution in [0.3, 0.4) is 0 Å². The van der Waals surface area contributed by atoms with Gasteiger partial charge in [-0.1, -0.05) is 39.0 Å². The van der Waals surface area contributed by atoms with Crippen LogP contribution in [0.4, 0.5) is 0 Å². The number of ketones is 1. The number of hydrogen-bond acceptors (Lipinski definition) is 5. The van der Waals surface area contributed by atoms with E-state index in [9.17, 15) is 9.59 Å². The van der Waals surface area contributed by atoms with Gasteiger partial charge in [0.05, 0.1) is 23.0 Å². The van der Waals surface area contributed by atoms with E-state index in [2.05, 4.69) is 15.0 Å². The number of H-pyrrole nitrogens is 2. The van der Waals surface area contributed by atoms with Gasteiger partial charge in [-0.05, 0) is 26.8 Å². The van der Waals surface area contributed by atoms with Crippen LogP contribution in [0.5, 0.6) is 0 Å². The molecule has 0 aliphatic carbocycles. The van der Waals surface area contributed by atoms with Crippen LogP contribution in [0.25, 0.3) is 33.5 Å². The summed E-state index contributed by atoms with van der Waals surface area (Å²) in [5.74, 6) is -0.476. The Balaban J connectivity index is 1.92. The van der Waals surface area contributed by atoms with E-state index in [0.717, 1.165) is 10.9 Å². The lowest BCUT2D eigenvalue weighted by molar-refractivity contribution is 0.00727. The van der Waals surface area contributed by atoms with Crippen LogP contribution in [0.15, 0.2) is 36.7 Å². The molecule has 160 valence electrons. The highest BCUT2D eigenvalue weighted by molar-refractivity contribution is 6.11. The fourth-order valence-electron chi connectivity index (χ4n) is 3.46. The normalized spacial score (nSPS) is 12.5. The van der Waals surface area contributed by atoms with Crippen LogP contribution in [-0.4, -0.2) is 37.3 Å². The number of nitrogens with one attached hydrogen (secondary N) is 2. The molecule has 0 saturated heterocycles. The summed E-state index contributed by atoms with van der Waals surface area (Å²) < 4.78 is 5.66. The van der Waals surface area contributed by atoms with Crippen molar-refractivity contribution in [1.29, 1.82) is 0 Å². The van der Waals surface area contributed by atoms with Crippen molar-refractivity contribution < 1.29 is 14.3 Å². The molecule has 0 spiro atoms. The highest BCUT2D eigenvalue weighted by Crippen LogP contribution is 2.32. The summed E-state index contributed by atoms with van der Waals surface area (Å²) in [6.07, 6.45) is 3.23. The van der Waals surface area contributed by atoms with Gasteiger partial charge in [0.1, 0.15) is 16.8 Å². The Bertz CT molecular complexity index is 1320. The third-order valence-electron chi connectivity index (χ3n) is 4.87. The number of benzene rings is 1. The lowest BCUT2D eigenvalue weighted by atomic mass is 9.87. The first-order valence-corrected chi connectivity index (χ1v) is 10.2. The Kier molecular flexibility index (Phi) is 4.72. The maximum Gasteiger partial charge on any atom is 0.341 e. The first-order chi connectivity index (χ1) is 14.5. The number of carbonyl (C=O) groups excluding carboxylic acids is 2. The molecule has 0 radical (unpaired) electrons. The van der Waals surface area contributed by atoms with E-state index >= 15 is 0 Å². The van der Waals surface area contributed by atoms with E-state index in [1.165, 1.54) is 0 Å². The average molecular weight is 418 g/mol. The minimum absolute atomic E-state index is 0.0331.